The molecule has 0 fully saturated rings. The number of rotatable bonds is 4. The van der Waals surface area contributed by atoms with E-state index in [4.69, 9.17) is 11.6 Å². The maximum atomic E-state index is 12.8. The number of nitrogens with zero attached hydrogens (tertiary/aromatic N) is 1. The van der Waals surface area contributed by atoms with Crippen molar-refractivity contribution in [3.8, 4) is 22.4 Å². The van der Waals surface area contributed by atoms with Gasteiger partial charge < -0.3 is 0 Å². The molecule has 152 valence electrons. The lowest BCUT2D eigenvalue weighted by Gasteiger charge is -2.03. The fourth-order valence-corrected chi connectivity index (χ4v) is 5.63. The number of benzene rings is 3. The Balaban J connectivity index is 1.35. The van der Waals surface area contributed by atoms with Gasteiger partial charge in [-0.05, 0) is 29.7 Å². The summed E-state index contributed by atoms with van der Waals surface area (Å²) in [4.78, 5) is 17.9. The number of hydrogen-bond acceptors (Lipinski definition) is 4. The summed E-state index contributed by atoms with van der Waals surface area (Å²) in [6, 6.07) is 24.5. The molecule has 3 nitrogen and oxygen atoms in total. The molecule has 1 amide bonds. The van der Waals surface area contributed by atoms with Crippen molar-refractivity contribution in [1.82, 2.24) is 4.98 Å². The Morgan fingerprint density at radius 1 is 0.935 bits per heavy atom. The third-order valence-electron chi connectivity index (χ3n) is 5.00. The van der Waals surface area contributed by atoms with Crippen molar-refractivity contribution in [1.29, 1.82) is 0 Å². The van der Waals surface area contributed by atoms with Crippen LogP contribution in [0, 0.1) is 6.92 Å². The number of fused-ring (bicyclic) bond motifs is 1. The highest BCUT2D eigenvalue weighted by Crippen LogP contribution is 2.36. The van der Waals surface area contributed by atoms with Crippen molar-refractivity contribution in [2.75, 3.05) is 5.32 Å². The number of hydrogen-bond donors (Lipinski definition) is 1. The van der Waals surface area contributed by atoms with Crippen LogP contribution in [-0.4, -0.2) is 10.9 Å². The molecule has 6 heteroatoms. The number of anilines is 1. The summed E-state index contributed by atoms with van der Waals surface area (Å²) < 4.78 is 1.01. The molecule has 5 aromatic rings. The van der Waals surface area contributed by atoms with Gasteiger partial charge in [0.2, 0.25) is 0 Å². The smallest absolute Gasteiger partial charge is 0.269 e. The molecule has 0 saturated carbocycles. The van der Waals surface area contributed by atoms with E-state index in [2.05, 4.69) is 34.6 Å². The molecule has 0 saturated heterocycles. The molecule has 0 atom stereocenters. The summed E-state index contributed by atoms with van der Waals surface area (Å²) in [5, 5.41) is 6.79. The molecular formula is C25H17ClN2OS2. The monoisotopic (exact) mass is 460 g/mol. The number of thiophene rings is 1. The van der Waals surface area contributed by atoms with E-state index in [-0.39, 0.29) is 5.91 Å². The first-order chi connectivity index (χ1) is 15.1. The Hall–Kier alpha value is -2.99. The van der Waals surface area contributed by atoms with Crippen LogP contribution in [0.5, 0.6) is 0 Å². The van der Waals surface area contributed by atoms with E-state index in [0.717, 1.165) is 32.5 Å². The molecule has 5 rings (SSSR count). The van der Waals surface area contributed by atoms with Crippen molar-refractivity contribution >= 4 is 55.4 Å². The minimum absolute atomic E-state index is 0.232. The zero-order valence-corrected chi connectivity index (χ0v) is 18.9. The zero-order chi connectivity index (χ0) is 21.4. The maximum Gasteiger partial charge on any atom is 0.269 e. The van der Waals surface area contributed by atoms with Crippen molar-refractivity contribution in [2.45, 2.75) is 6.92 Å². The van der Waals surface area contributed by atoms with E-state index >= 15 is 0 Å². The quantitative estimate of drug-likeness (QED) is 0.296. The molecule has 3 aromatic carbocycles. The molecule has 1 N–H and O–H groups in total. The van der Waals surface area contributed by atoms with E-state index < -0.39 is 0 Å². The summed E-state index contributed by atoms with van der Waals surface area (Å²) in [5.74, 6) is -0.232. The molecule has 0 unspecified atom stereocenters. The first-order valence-electron chi connectivity index (χ1n) is 9.70. The molecule has 0 aliphatic heterocycles. The molecule has 0 aliphatic rings. The molecule has 0 radical (unpaired) electrons. The standard InChI is InChI=1S/C25H17ClN2OS2/c1-15-7-12-19-21(13-15)31-23(22(19)26)24(29)28-25-27-20(14-30-25)18-10-8-17(9-11-18)16-5-3-2-4-6-16/h2-14H,1H3,(H,27,28,29). The van der Waals surface area contributed by atoms with Crippen molar-refractivity contribution < 1.29 is 4.79 Å². The fourth-order valence-electron chi connectivity index (χ4n) is 3.40. The topological polar surface area (TPSA) is 42.0 Å². The van der Waals surface area contributed by atoms with Crippen LogP contribution >= 0.6 is 34.3 Å². The van der Waals surface area contributed by atoms with Crippen LogP contribution in [-0.2, 0) is 0 Å². The third-order valence-corrected chi connectivity index (χ3v) is 7.42. The predicted molar refractivity (Wildman–Crippen MR) is 133 cm³/mol. The summed E-state index contributed by atoms with van der Waals surface area (Å²) in [7, 11) is 0. The summed E-state index contributed by atoms with van der Waals surface area (Å²) >= 11 is 9.27. The summed E-state index contributed by atoms with van der Waals surface area (Å²) in [6.45, 7) is 2.02. The van der Waals surface area contributed by atoms with Crippen LogP contribution in [0.1, 0.15) is 15.2 Å². The Morgan fingerprint density at radius 3 is 2.42 bits per heavy atom. The maximum absolute atomic E-state index is 12.8. The minimum Gasteiger partial charge on any atom is -0.297 e. The number of aromatic nitrogens is 1. The predicted octanol–water partition coefficient (Wildman–Crippen LogP) is 7.91. The molecule has 2 aromatic heterocycles. The number of nitrogens with one attached hydrogen (secondary N) is 1. The van der Waals surface area contributed by atoms with Gasteiger partial charge in [-0.1, -0.05) is 78.3 Å². The molecular weight excluding hydrogens is 444 g/mol. The van der Waals surface area contributed by atoms with E-state index in [1.165, 1.54) is 28.2 Å². The Morgan fingerprint density at radius 2 is 1.65 bits per heavy atom. The van der Waals surface area contributed by atoms with Gasteiger partial charge in [0.15, 0.2) is 5.13 Å². The highest BCUT2D eigenvalue weighted by molar-refractivity contribution is 7.22. The van der Waals surface area contributed by atoms with Gasteiger partial charge in [0.25, 0.3) is 5.91 Å². The van der Waals surface area contributed by atoms with Crippen molar-refractivity contribution in [3.63, 3.8) is 0 Å². The number of halogens is 1. The van der Waals surface area contributed by atoms with Crippen LogP contribution in [0.3, 0.4) is 0 Å². The Bertz CT molecular complexity index is 1390. The SMILES string of the molecule is Cc1ccc2c(Cl)c(C(=O)Nc3nc(-c4ccc(-c5ccccc5)cc4)cs3)sc2c1. The lowest BCUT2D eigenvalue weighted by atomic mass is 10.0. The van der Waals surface area contributed by atoms with Crippen molar-refractivity contribution in [2.24, 2.45) is 0 Å². The van der Waals surface area contributed by atoms with Gasteiger partial charge in [-0.25, -0.2) is 4.98 Å². The van der Waals surface area contributed by atoms with E-state index in [1.54, 1.807) is 0 Å². The second kappa shape index (κ2) is 8.27. The number of aryl methyl sites for hydroxylation is 1. The van der Waals surface area contributed by atoms with Gasteiger partial charge in [-0.15, -0.1) is 22.7 Å². The van der Waals surface area contributed by atoms with Crippen LogP contribution in [0.25, 0.3) is 32.5 Å². The molecule has 0 spiro atoms. The van der Waals surface area contributed by atoms with Gasteiger partial charge >= 0.3 is 0 Å². The molecule has 2 heterocycles. The van der Waals surface area contributed by atoms with Gasteiger partial charge in [0.1, 0.15) is 4.88 Å². The zero-order valence-electron chi connectivity index (χ0n) is 16.6. The summed E-state index contributed by atoms with van der Waals surface area (Å²) in [5.41, 5.74) is 5.31. The normalized spacial score (nSPS) is 11.0. The minimum atomic E-state index is -0.232. The second-order valence-electron chi connectivity index (χ2n) is 7.18. The van der Waals surface area contributed by atoms with Gasteiger partial charge in [0, 0.05) is 21.0 Å². The second-order valence-corrected chi connectivity index (χ2v) is 9.47. The Labute approximate surface area is 193 Å². The summed E-state index contributed by atoms with van der Waals surface area (Å²) in [6.07, 6.45) is 0. The van der Waals surface area contributed by atoms with Crippen LogP contribution in [0.4, 0.5) is 5.13 Å². The lowest BCUT2D eigenvalue weighted by molar-refractivity contribution is 0.103. The largest absolute Gasteiger partial charge is 0.297 e. The number of thiazole rings is 1. The average molecular weight is 461 g/mol. The van der Waals surface area contributed by atoms with E-state index in [1.807, 2.05) is 60.8 Å². The first-order valence-corrected chi connectivity index (χ1v) is 11.8. The van der Waals surface area contributed by atoms with E-state index in [9.17, 15) is 4.79 Å². The number of amides is 1. The number of carbonyl (C=O) groups excluding carboxylic acids is 1. The van der Waals surface area contributed by atoms with E-state index in [0.29, 0.717) is 15.0 Å². The average Bonchev–Trinajstić information content (AvgIpc) is 3.39. The molecule has 0 bridgehead atoms. The van der Waals surface area contributed by atoms with Crippen molar-refractivity contribution in [3.05, 3.63) is 93.6 Å². The Kier molecular flexibility index (Phi) is 5.32. The molecule has 0 aliphatic carbocycles. The van der Waals surface area contributed by atoms with Crippen LogP contribution in [0.15, 0.2) is 78.2 Å². The van der Waals surface area contributed by atoms with Gasteiger partial charge in [0.05, 0.1) is 10.7 Å². The fraction of sp³-hybridized carbons (Fsp3) is 0.0400. The highest BCUT2D eigenvalue weighted by Gasteiger charge is 2.18. The number of carbonyl (C=O) groups is 1. The highest BCUT2D eigenvalue weighted by atomic mass is 35.5. The van der Waals surface area contributed by atoms with Gasteiger partial charge in [-0.2, -0.15) is 0 Å². The molecule has 31 heavy (non-hydrogen) atoms. The first kappa shape index (κ1) is 19.9. The lowest BCUT2D eigenvalue weighted by Crippen LogP contribution is -2.10. The third kappa shape index (κ3) is 4.00. The van der Waals surface area contributed by atoms with Crippen LogP contribution < -0.4 is 5.32 Å². The van der Waals surface area contributed by atoms with Gasteiger partial charge in [-0.3, -0.25) is 10.1 Å². The van der Waals surface area contributed by atoms with Crippen LogP contribution in [0.2, 0.25) is 5.02 Å².